The average molecular weight is 280 g/mol. The molecular formula is C14H20N2O2S. The van der Waals surface area contributed by atoms with Crippen LogP contribution in [0, 0.1) is 6.92 Å². The van der Waals surface area contributed by atoms with E-state index < -0.39 is 5.97 Å². The molecule has 104 valence electrons. The Kier molecular flexibility index (Phi) is 3.94. The molecular weight excluding hydrogens is 260 g/mol. The van der Waals surface area contributed by atoms with Crippen LogP contribution in [0.2, 0.25) is 0 Å². The summed E-state index contributed by atoms with van der Waals surface area (Å²) in [6, 6.07) is 3.53. The molecule has 0 bridgehead atoms. The Morgan fingerprint density at radius 3 is 2.89 bits per heavy atom. The summed E-state index contributed by atoms with van der Waals surface area (Å²) in [6.07, 6.45) is 2.45. The highest BCUT2D eigenvalue weighted by Crippen LogP contribution is 2.37. The quantitative estimate of drug-likeness (QED) is 0.739. The summed E-state index contributed by atoms with van der Waals surface area (Å²) >= 11 is 1.98. The van der Waals surface area contributed by atoms with Crippen LogP contribution in [-0.4, -0.2) is 28.1 Å². The second-order valence-corrected chi connectivity index (χ2v) is 7.00. The molecule has 1 heterocycles. The maximum absolute atomic E-state index is 11.1. The highest BCUT2D eigenvalue weighted by molar-refractivity contribution is 8.00. The molecule has 5 heteroatoms. The number of carbonyl (C=O) groups is 1. The number of hydrogen-bond acceptors (Lipinski definition) is 4. The highest BCUT2D eigenvalue weighted by atomic mass is 32.2. The number of aryl methyl sites for hydroxylation is 1. The van der Waals surface area contributed by atoms with Crippen molar-refractivity contribution in [1.29, 1.82) is 0 Å². The molecule has 1 aromatic carbocycles. The second kappa shape index (κ2) is 5.33. The molecule has 1 atom stereocenters. The number of carboxylic acids is 1. The third-order valence-corrected chi connectivity index (χ3v) is 5.12. The number of nitrogens with two attached hydrogens (primary N) is 1. The first-order valence-corrected chi connectivity index (χ1v) is 7.41. The zero-order valence-corrected chi connectivity index (χ0v) is 12.1. The van der Waals surface area contributed by atoms with Gasteiger partial charge in [-0.1, -0.05) is 0 Å². The van der Waals surface area contributed by atoms with Crippen molar-refractivity contribution in [1.82, 2.24) is 0 Å². The van der Waals surface area contributed by atoms with Gasteiger partial charge in [0.2, 0.25) is 0 Å². The van der Waals surface area contributed by atoms with E-state index in [1.54, 1.807) is 6.07 Å². The van der Waals surface area contributed by atoms with E-state index in [1.807, 2.05) is 24.8 Å². The molecule has 19 heavy (non-hydrogen) atoms. The van der Waals surface area contributed by atoms with Gasteiger partial charge in [-0.05, 0) is 50.1 Å². The maximum Gasteiger partial charge on any atom is 0.337 e. The highest BCUT2D eigenvalue weighted by Gasteiger charge is 2.29. The van der Waals surface area contributed by atoms with E-state index in [9.17, 15) is 4.79 Å². The first kappa shape index (κ1) is 14.1. The lowest BCUT2D eigenvalue weighted by molar-refractivity contribution is 0.0698. The van der Waals surface area contributed by atoms with Crippen molar-refractivity contribution in [3.05, 3.63) is 23.3 Å². The van der Waals surface area contributed by atoms with Crippen LogP contribution >= 0.6 is 11.8 Å². The van der Waals surface area contributed by atoms with Crippen molar-refractivity contribution in [3.63, 3.8) is 0 Å². The van der Waals surface area contributed by atoms with E-state index in [1.165, 1.54) is 18.6 Å². The van der Waals surface area contributed by atoms with Crippen molar-refractivity contribution in [2.75, 3.05) is 23.3 Å². The third-order valence-electron chi connectivity index (χ3n) is 3.58. The zero-order chi connectivity index (χ0) is 14.0. The van der Waals surface area contributed by atoms with E-state index in [0.717, 1.165) is 17.8 Å². The first-order valence-electron chi connectivity index (χ1n) is 6.42. The van der Waals surface area contributed by atoms with Crippen molar-refractivity contribution in [3.8, 4) is 0 Å². The van der Waals surface area contributed by atoms with Crippen LogP contribution < -0.4 is 11.1 Å². The summed E-state index contributed by atoms with van der Waals surface area (Å²) in [7, 11) is 0. The largest absolute Gasteiger partial charge is 0.478 e. The Hall–Kier alpha value is -1.36. The number of hydrogen-bond donors (Lipinski definition) is 3. The monoisotopic (exact) mass is 280 g/mol. The molecule has 4 nitrogen and oxygen atoms in total. The molecule has 4 N–H and O–H groups in total. The minimum absolute atomic E-state index is 0.173. The Morgan fingerprint density at radius 2 is 2.32 bits per heavy atom. The molecule has 1 saturated heterocycles. The Balaban J connectivity index is 2.14. The minimum Gasteiger partial charge on any atom is -0.478 e. The molecule has 0 amide bonds. The Labute approximate surface area is 117 Å². The normalized spacial score (nSPS) is 22.4. The van der Waals surface area contributed by atoms with Gasteiger partial charge in [0.1, 0.15) is 0 Å². The fraction of sp³-hybridized carbons (Fsp3) is 0.500. The number of nitrogens with one attached hydrogen (secondary N) is 1. The van der Waals surface area contributed by atoms with Gasteiger partial charge >= 0.3 is 5.97 Å². The molecule has 0 spiro atoms. The van der Waals surface area contributed by atoms with Gasteiger partial charge < -0.3 is 16.2 Å². The standard InChI is InChI=1S/C14H20N2O2S/c1-9-6-10(7-11(12(9)15)13(17)18)16-8-14(2)4-3-5-19-14/h6-7,16H,3-5,8,15H2,1-2H3,(H,17,18). The van der Waals surface area contributed by atoms with E-state index in [0.29, 0.717) is 5.69 Å². The average Bonchev–Trinajstić information content (AvgIpc) is 2.78. The molecule has 1 aliphatic heterocycles. The van der Waals surface area contributed by atoms with Gasteiger partial charge in [-0.15, -0.1) is 0 Å². The van der Waals surface area contributed by atoms with Crippen LogP contribution in [-0.2, 0) is 0 Å². The van der Waals surface area contributed by atoms with Gasteiger partial charge in [-0.25, -0.2) is 4.79 Å². The van der Waals surface area contributed by atoms with E-state index >= 15 is 0 Å². The van der Waals surface area contributed by atoms with Gasteiger partial charge in [0.25, 0.3) is 0 Å². The van der Waals surface area contributed by atoms with Crippen LogP contribution in [0.5, 0.6) is 0 Å². The number of aromatic carboxylic acids is 1. The molecule has 1 fully saturated rings. The van der Waals surface area contributed by atoms with Crippen LogP contribution in [0.25, 0.3) is 0 Å². The van der Waals surface area contributed by atoms with Crippen molar-refractivity contribution in [2.45, 2.75) is 31.4 Å². The van der Waals surface area contributed by atoms with E-state index in [-0.39, 0.29) is 10.3 Å². The zero-order valence-electron chi connectivity index (χ0n) is 11.3. The molecule has 0 radical (unpaired) electrons. The summed E-state index contributed by atoms with van der Waals surface area (Å²) < 4.78 is 0.249. The fourth-order valence-electron chi connectivity index (χ4n) is 2.34. The SMILES string of the molecule is Cc1cc(NCC2(C)CCCS2)cc(C(=O)O)c1N. The van der Waals surface area contributed by atoms with Crippen molar-refractivity contribution in [2.24, 2.45) is 0 Å². The van der Waals surface area contributed by atoms with E-state index in [4.69, 9.17) is 10.8 Å². The summed E-state index contributed by atoms with van der Waals surface area (Å²) in [5, 5.41) is 12.5. The number of carboxylic acid groups (broad SMARTS) is 1. The number of thioether (sulfide) groups is 1. The van der Waals surface area contributed by atoms with Gasteiger partial charge in [0, 0.05) is 22.7 Å². The number of rotatable bonds is 4. The Morgan fingerprint density at radius 1 is 1.58 bits per heavy atom. The molecule has 0 aliphatic carbocycles. The maximum atomic E-state index is 11.1. The lowest BCUT2D eigenvalue weighted by Gasteiger charge is -2.24. The molecule has 0 saturated carbocycles. The number of nitrogen functional groups attached to an aromatic ring is 1. The van der Waals surface area contributed by atoms with Crippen molar-refractivity contribution < 1.29 is 9.90 Å². The molecule has 1 aliphatic rings. The molecule has 1 unspecified atom stereocenters. The van der Waals surface area contributed by atoms with Gasteiger partial charge in [-0.2, -0.15) is 11.8 Å². The van der Waals surface area contributed by atoms with E-state index in [2.05, 4.69) is 12.2 Å². The van der Waals surface area contributed by atoms with Crippen molar-refractivity contribution >= 4 is 29.1 Å². The Bertz CT molecular complexity index is 496. The summed E-state index contributed by atoms with van der Waals surface area (Å²) in [4.78, 5) is 11.1. The predicted molar refractivity (Wildman–Crippen MR) is 81.1 cm³/mol. The topological polar surface area (TPSA) is 75.3 Å². The first-order chi connectivity index (χ1) is 8.91. The fourth-order valence-corrected chi connectivity index (χ4v) is 3.59. The summed E-state index contributed by atoms with van der Waals surface area (Å²) in [5.74, 6) is 0.227. The predicted octanol–water partition coefficient (Wildman–Crippen LogP) is 2.97. The van der Waals surface area contributed by atoms with Gasteiger partial charge in [0.05, 0.1) is 5.56 Å². The number of benzene rings is 1. The van der Waals surface area contributed by atoms with Gasteiger partial charge in [0.15, 0.2) is 0 Å². The van der Waals surface area contributed by atoms with Crippen LogP contribution in [0.15, 0.2) is 12.1 Å². The summed E-state index contributed by atoms with van der Waals surface area (Å²) in [5.41, 5.74) is 7.93. The smallest absolute Gasteiger partial charge is 0.337 e. The summed E-state index contributed by atoms with van der Waals surface area (Å²) in [6.45, 7) is 4.93. The van der Waals surface area contributed by atoms with Crippen LogP contribution in [0.3, 0.4) is 0 Å². The third kappa shape index (κ3) is 3.15. The second-order valence-electron chi connectivity index (χ2n) is 5.32. The minimum atomic E-state index is -0.981. The lowest BCUT2D eigenvalue weighted by atomic mass is 10.0. The van der Waals surface area contributed by atoms with Gasteiger partial charge in [-0.3, -0.25) is 0 Å². The van der Waals surface area contributed by atoms with Crippen LogP contribution in [0.4, 0.5) is 11.4 Å². The lowest BCUT2D eigenvalue weighted by Crippen LogP contribution is -2.27. The molecule has 0 aromatic heterocycles. The van der Waals surface area contributed by atoms with Crippen LogP contribution in [0.1, 0.15) is 35.7 Å². The molecule has 1 aromatic rings. The molecule has 2 rings (SSSR count). The number of anilines is 2.